The highest BCUT2D eigenvalue weighted by atomic mass is 16.2. The zero-order chi connectivity index (χ0) is 15.6. The Morgan fingerprint density at radius 1 is 1.19 bits per heavy atom. The molecule has 0 N–H and O–H groups in total. The Kier molecular flexibility index (Phi) is 4.49. The van der Waals surface area contributed by atoms with E-state index >= 15 is 0 Å². The van der Waals surface area contributed by atoms with Crippen LogP contribution in [0.4, 0.5) is 5.82 Å². The second kappa shape index (κ2) is 6.00. The zero-order valence-electron chi connectivity index (χ0n) is 13.8. The van der Waals surface area contributed by atoms with Crippen molar-refractivity contribution in [1.29, 1.82) is 0 Å². The summed E-state index contributed by atoms with van der Waals surface area (Å²) in [5, 5.41) is 8.70. The number of piperidine rings is 1. The highest BCUT2D eigenvalue weighted by Gasteiger charge is 2.27. The van der Waals surface area contributed by atoms with Gasteiger partial charge in [-0.3, -0.25) is 4.79 Å². The van der Waals surface area contributed by atoms with Gasteiger partial charge in [0.2, 0.25) is 5.91 Å². The third-order valence-corrected chi connectivity index (χ3v) is 4.03. The molecule has 0 bridgehead atoms. The Labute approximate surface area is 127 Å². The standard InChI is InChI=1S/C16H26N4O/c1-16(2,3)13-6-7-14(18-17-13)20-10-8-12(9-11-20)15(21)19(4)5/h6-7,12H,8-11H2,1-5H3. The van der Waals surface area contributed by atoms with E-state index in [4.69, 9.17) is 0 Å². The number of hydrogen-bond acceptors (Lipinski definition) is 4. The van der Waals surface area contributed by atoms with Gasteiger partial charge in [-0.05, 0) is 25.0 Å². The molecule has 1 aromatic heterocycles. The molecule has 0 saturated carbocycles. The Hall–Kier alpha value is -1.65. The maximum absolute atomic E-state index is 12.0. The van der Waals surface area contributed by atoms with E-state index < -0.39 is 0 Å². The minimum atomic E-state index is 0.0245. The zero-order valence-corrected chi connectivity index (χ0v) is 13.8. The van der Waals surface area contributed by atoms with Crippen LogP contribution in [0, 0.1) is 5.92 Å². The molecule has 2 rings (SSSR count). The van der Waals surface area contributed by atoms with Crippen LogP contribution >= 0.6 is 0 Å². The van der Waals surface area contributed by atoms with Gasteiger partial charge in [-0.2, -0.15) is 5.10 Å². The van der Waals surface area contributed by atoms with Crippen LogP contribution in [-0.2, 0) is 10.2 Å². The number of carbonyl (C=O) groups is 1. The van der Waals surface area contributed by atoms with E-state index in [-0.39, 0.29) is 17.2 Å². The maximum Gasteiger partial charge on any atom is 0.225 e. The van der Waals surface area contributed by atoms with Crippen LogP contribution in [0.25, 0.3) is 0 Å². The SMILES string of the molecule is CN(C)C(=O)C1CCN(c2ccc(C(C)(C)C)nn2)CC1. The predicted octanol–water partition coefficient (Wildman–Crippen LogP) is 2.08. The first-order valence-electron chi connectivity index (χ1n) is 7.59. The molecule has 0 aromatic carbocycles. The average molecular weight is 290 g/mol. The summed E-state index contributed by atoms with van der Waals surface area (Å²) >= 11 is 0. The van der Waals surface area contributed by atoms with E-state index in [1.165, 1.54) is 0 Å². The van der Waals surface area contributed by atoms with Gasteiger partial charge >= 0.3 is 0 Å². The molecule has 1 saturated heterocycles. The van der Waals surface area contributed by atoms with Crippen LogP contribution in [0.3, 0.4) is 0 Å². The molecular weight excluding hydrogens is 264 g/mol. The number of anilines is 1. The molecule has 1 aliphatic heterocycles. The topological polar surface area (TPSA) is 49.3 Å². The summed E-state index contributed by atoms with van der Waals surface area (Å²) in [7, 11) is 3.65. The highest BCUT2D eigenvalue weighted by Crippen LogP contribution is 2.24. The van der Waals surface area contributed by atoms with Crippen LogP contribution in [0.15, 0.2) is 12.1 Å². The van der Waals surface area contributed by atoms with Gasteiger partial charge in [-0.25, -0.2) is 0 Å². The number of carbonyl (C=O) groups excluding carboxylic acids is 1. The van der Waals surface area contributed by atoms with Crippen molar-refractivity contribution in [3.05, 3.63) is 17.8 Å². The molecule has 0 atom stereocenters. The quantitative estimate of drug-likeness (QED) is 0.837. The third-order valence-electron chi connectivity index (χ3n) is 4.03. The molecule has 1 aromatic rings. The van der Waals surface area contributed by atoms with Crippen LogP contribution in [0.5, 0.6) is 0 Å². The molecule has 5 nitrogen and oxygen atoms in total. The second-order valence-electron chi connectivity index (χ2n) is 7.02. The Morgan fingerprint density at radius 3 is 2.24 bits per heavy atom. The molecular formula is C16H26N4O. The lowest BCUT2D eigenvalue weighted by Crippen LogP contribution is -2.40. The molecule has 1 aliphatic rings. The van der Waals surface area contributed by atoms with Gasteiger partial charge in [-0.15, -0.1) is 5.10 Å². The van der Waals surface area contributed by atoms with Crippen molar-refractivity contribution in [3.8, 4) is 0 Å². The van der Waals surface area contributed by atoms with Gasteiger partial charge in [-0.1, -0.05) is 20.8 Å². The Bertz CT molecular complexity index is 482. The van der Waals surface area contributed by atoms with E-state index in [0.29, 0.717) is 0 Å². The van der Waals surface area contributed by atoms with Gasteiger partial charge < -0.3 is 9.80 Å². The first-order chi connectivity index (χ1) is 9.79. The van der Waals surface area contributed by atoms with E-state index in [0.717, 1.165) is 37.4 Å². The van der Waals surface area contributed by atoms with Crippen LogP contribution in [0.2, 0.25) is 0 Å². The van der Waals surface area contributed by atoms with Crippen molar-refractivity contribution in [3.63, 3.8) is 0 Å². The van der Waals surface area contributed by atoms with Gasteiger partial charge in [0.05, 0.1) is 5.69 Å². The molecule has 5 heteroatoms. The summed E-state index contributed by atoms with van der Waals surface area (Å²) in [5.41, 5.74) is 1.03. The number of nitrogens with zero attached hydrogens (tertiary/aromatic N) is 4. The summed E-state index contributed by atoms with van der Waals surface area (Å²) in [6.07, 6.45) is 1.78. The molecule has 1 amide bonds. The monoisotopic (exact) mass is 290 g/mol. The van der Waals surface area contributed by atoms with Crippen molar-refractivity contribution in [2.75, 3.05) is 32.1 Å². The minimum Gasteiger partial charge on any atom is -0.355 e. The summed E-state index contributed by atoms with van der Waals surface area (Å²) in [6, 6.07) is 4.10. The van der Waals surface area contributed by atoms with E-state index in [9.17, 15) is 4.79 Å². The van der Waals surface area contributed by atoms with Gasteiger partial charge in [0.25, 0.3) is 0 Å². The molecule has 0 unspecified atom stereocenters. The Balaban J connectivity index is 1.98. The number of rotatable bonds is 2. The van der Waals surface area contributed by atoms with Crippen molar-refractivity contribution in [2.45, 2.75) is 39.0 Å². The van der Waals surface area contributed by atoms with Gasteiger partial charge in [0.15, 0.2) is 5.82 Å². The highest BCUT2D eigenvalue weighted by molar-refractivity contribution is 5.78. The predicted molar refractivity (Wildman–Crippen MR) is 84.4 cm³/mol. The molecule has 0 spiro atoms. The number of hydrogen-bond donors (Lipinski definition) is 0. The molecule has 0 radical (unpaired) electrons. The number of aromatic nitrogens is 2. The van der Waals surface area contributed by atoms with Crippen LogP contribution in [0.1, 0.15) is 39.3 Å². The lowest BCUT2D eigenvalue weighted by atomic mass is 9.92. The molecule has 1 fully saturated rings. The largest absolute Gasteiger partial charge is 0.355 e. The fourth-order valence-corrected chi connectivity index (χ4v) is 2.61. The average Bonchev–Trinajstić information content (AvgIpc) is 2.46. The van der Waals surface area contributed by atoms with E-state index in [1.54, 1.807) is 4.90 Å². The molecule has 116 valence electrons. The van der Waals surface area contributed by atoms with Crippen molar-refractivity contribution in [2.24, 2.45) is 5.92 Å². The van der Waals surface area contributed by atoms with Crippen LogP contribution < -0.4 is 4.90 Å². The second-order valence-corrected chi connectivity index (χ2v) is 7.02. The van der Waals surface area contributed by atoms with Crippen molar-refractivity contribution in [1.82, 2.24) is 15.1 Å². The van der Waals surface area contributed by atoms with Crippen molar-refractivity contribution < 1.29 is 4.79 Å². The summed E-state index contributed by atoms with van der Waals surface area (Å²) in [4.78, 5) is 15.9. The summed E-state index contributed by atoms with van der Waals surface area (Å²) in [5.74, 6) is 1.31. The van der Waals surface area contributed by atoms with Gasteiger partial charge in [0, 0.05) is 38.5 Å². The molecule has 0 aliphatic carbocycles. The Morgan fingerprint density at radius 2 is 1.81 bits per heavy atom. The fourth-order valence-electron chi connectivity index (χ4n) is 2.61. The maximum atomic E-state index is 12.0. The lowest BCUT2D eigenvalue weighted by molar-refractivity contribution is -0.133. The first-order valence-corrected chi connectivity index (χ1v) is 7.59. The lowest BCUT2D eigenvalue weighted by Gasteiger charge is -2.33. The normalized spacial score (nSPS) is 16.9. The minimum absolute atomic E-state index is 0.0245. The smallest absolute Gasteiger partial charge is 0.225 e. The fraction of sp³-hybridized carbons (Fsp3) is 0.688. The van der Waals surface area contributed by atoms with Gasteiger partial charge in [0.1, 0.15) is 0 Å². The van der Waals surface area contributed by atoms with Crippen LogP contribution in [-0.4, -0.2) is 48.2 Å². The first kappa shape index (κ1) is 15.7. The van der Waals surface area contributed by atoms with E-state index in [2.05, 4.69) is 41.9 Å². The number of amides is 1. The van der Waals surface area contributed by atoms with Crippen molar-refractivity contribution >= 4 is 11.7 Å². The molecule has 2 heterocycles. The van der Waals surface area contributed by atoms with E-state index in [1.807, 2.05) is 20.2 Å². The molecule has 21 heavy (non-hydrogen) atoms. The third kappa shape index (κ3) is 3.71. The summed E-state index contributed by atoms with van der Waals surface area (Å²) < 4.78 is 0. The summed E-state index contributed by atoms with van der Waals surface area (Å²) in [6.45, 7) is 8.14.